The number of azide groups is 1. The number of carbonyl (C=O) groups excluding carboxylic acids is 1. The third kappa shape index (κ3) is 4.26. The zero-order valence-corrected chi connectivity index (χ0v) is 8.99. The summed E-state index contributed by atoms with van der Waals surface area (Å²) in [5, 5.41) is 3.37. The topological polar surface area (TPSA) is 93.5 Å². The number of aldehydes is 1. The van der Waals surface area contributed by atoms with Gasteiger partial charge in [0, 0.05) is 26.2 Å². The average molecular weight is 217 g/mol. The summed E-state index contributed by atoms with van der Waals surface area (Å²) < 4.78 is 15.0. The molecule has 0 spiro atoms. The first-order valence-corrected chi connectivity index (χ1v) is 4.29. The molecule has 0 heterocycles. The van der Waals surface area contributed by atoms with Crippen molar-refractivity contribution in [2.75, 3.05) is 27.9 Å². The van der Waals surface area contributed by atoms with E-state index >= 15 is 0 Å². The fraction of sp³-hybridized carbons (Fsp3) is 0.875. The lowest BCUT2D eigenvalue weighted by Crippen LogP contribution is -2.43. The second kappa shape index (κ2) is 8.19. The Balaban J connectivity index is 4.56. The van der Waals surface area contributed by atoms with Gasteiger partial charge in [-0.15, -0.1) is 0 Å². The predicted molar refractivity (Wildman–Crippen MR) is 52.5 cm³/mol. The standard InChI is InChI=1S/C8H15N3O4/c1-13-6(4-10-11-9)8(15-3)7(5-12)14-2/h5-8H,4H2,1-3H3/t6-,7+,8+/m1/s1. The van der Waals surface area contributed by atoms with Crippen LogP contribution in [0.15, 0.2) is 5.11 Å². The van der Waals surface area contributed by atoms with Crippen molar-refractivity contribution in [3.63, 3.8) is 0 Å². The molecule has 0 N–H and O–H groups in total. The molecule has 7 heteroatoms. The van der Waals surface area contributed by atoms with Gasteiger partial charge < -0.3 is 19.0 Å². The molecule has 0 radical (unpaired) electrons. The molecule has 0 saturated carbocycles. The van der Waals surface area contributed by atoms with Gasteiger partial charge >= 0.3 is 0 Å². The largest absolute Gasteiger partial charge is 0.378 e. The molecule has 0 aromatic carbocycles. The summed E-state index contributed by atoms with van der Waals surface area (Å²) in [6, 6.07) is 0. The second-order valence-electron chi connectivity index (χ2n) is 2.72. The Morgan fingerprint density at radius 3 is 2.33 bits per heavy atom. The van der Waals surface area contributed by atoms with Crippen LogP contribution in [0.3, 0.4) is 0 Å². The Hall–Kier alpha value is -1.14. The highest BCUT2D eigenvalue weighted by molar-refractivity contribution is 5.57. The van der Waals surface area contributed by atoms with Gasteiger partial charge in [0.25, 0.3) is 0 Å². The van der Waals surface area contributed by atoms with Crippen molar-refractivity contribution in [1.82, 2.24) is 0 Å². The summed E-state index contributed by atoms with van der Waals surface area (Å²) in [6.07, 6.45) is -1.23. The smallest absolute Gasteiger partial charge is 0.151 e. The van der Waals surface area contributed by atoms with Crippen molar-refractivity contribution in [3.05, 3.63) is 10.4 Å². The highest BCUT2D eigenvalue weighted by atomic mass is 16.6. The Kier molecular flexibility index (Phi) is 7.57. The van der Waals surface area contributed by atoms with Gasteiger partial charge in [0.05, 0.1) is 12.6 Å². The van der Waals surface area contributed by atoms with Crippen LogP contribution >= 0.6 is 0 Å². The van der Waals surface area contributed by atoms with Gasteiger partial charge in [-0.1, -0.05) is 5.11 Å². The van der Waals surface area contributed by atoms with Crippen molar-refractivity contribution >= 4 is 6.29 Å². The van der Waals surface area contributed by atoms with Gasteiger partial charge in [0.2, 0.25) is 0 Å². The Labute approximate surface area is 87.9 Å². The van der Waals surface area contributed by atoms with Gasteiger partial charge in [-0.3, -0.25) is 0 Å². The van der Waals surface area contributed by atoms with Crippen molar-refractivity contribution in [3.8, 4) is 0 Å². The number of hydrogen-bond acceptors (Lipinski definition) is 5. The zero-order chi connectivity index (χ0) is 11.7. The van der Waals surface area contributed by atoms with Gasteiger partial charge in [0.1, 0.15) is 12.2 Å². The number of methoxy groups -OCH3 is 3. The molecule has 0 aromatic heterocycles. The molecular weight excluding hydrogens is 202 g/mol. The van der Waals surface area contributed by atoms with Crippen LogP contribution in [0.1, 0.15) is 0 Å². The summed E-state index contributed by atoms with van der Waals surface area (Å²) in [6.45, 7) is 0.0825. The van der Waals surface area contributed by atoms with Gasteiger partial charge in [-0.25, -0.2) is 0 Å². The van der Waals surface area contributed by atoms with E-state index in [9.17, 15) is 4.79 Å². The predicted octanol–water partition coefficient (Wildman–Crippen LogP) is 0.541. The molecule has 0 bridgehead atoms. The van der Waals surface area contributed by atoms with E-state index in [0.29, 0.717) is 6.29 Å². The summed E-state index contributed by atoms with van der Waals surface area (Å²) in [7, 11) is 4.27. The van der Waals surface area contributed by atoms with Crippen LogP contribution in [0.4, 0.5) is 0 Å². The molecule has 0 aliphatic heterocycles. The van der Waals surface area contributed by atoms with Crippen LogP contribution in [-0.4, -0.2) is 52.5 Å². The summed E-state index contributed by atoms with van der Waals surface area (Å²) in [4.78, 5) is 13.3. The van der Waals surface area contributed by atoms with Gasteiger partial charge in [-0.05, 0) is 5.53 Å². The molecule has 3 atom stereocenters. The minimum Gasteiger partial charge on any atom is -0.378 e. The molecule has 0 aromatic rings. The van der Waals surface area contributed by atoms with Crippen molar-refractivity contribution in [1.29, 1.82) is 0 Å². The van der Waals surface area contributed by atoms with Crippen LogP contribution in [0, 0.1) is 0 Å². The first-order valence-electron chi connectivity index (χ1n) is 4.29. The molecule has 0 saturated heterocycles. The molecule has 0 aliphatic rings. The first-order chi connectivity index (χ1) is 7.24. The average Bonchev–Trinajstić information content (AvgIpc) is 2.28. The Bertz CT molecular complexity index is 230. The van der Waals surface area contributed by atoms with Crippen LogP contribution in [0.25, 0.3) is 10.4 Å². The first kappa shape index (κ1) is 13.9. The molecule has 7 nitrogen and oxygen atoms in total. The fourth-order valence-corrected chi connectivity index (χ4v) is 1.19. The molecule has 0 fully saturated rings. The molecule has 0 aliphatic carbocycles. The monoisotopic (exact) mass is 217 g/mol. The Morgan fingerprint density at radius 1 is 1.33 bits per heavy atom. The van der Waals surface area contributed by atoms with E-state index in [2.05, 4.69) is 10.0 Å². The number of hydrogen-bond donors (Lipinski definition) is 0. The van der Waals surface area contributed by atoms with E-state index in [4.69, 9.17) is 19.7 Å². The van der Waals surface area contributed by atoms with E-state index in [1.165, 1.54) is 21.3 Å². The van der Waals surface area contributed by atoms with Crippen LogP contribution in [-0.2, 0) is 19.0 Å². The lowest BCUT2D eigenvalue weighted by atomic mass is 10.1. The normalized spacial score (nSPS) is 16.2. The maximum atomic E-state index is 10.7. The highest BCUT2D eigenvalue weighted by Gasteiger charge is 2.29. The van der Waals surface area contributed by atoms with Gasteiger partial charge in [0.15, 0.2) is 6.29 Å². The van der Waals surface area contributed by atoms with E-state index in [1.54, 1.807) is 0 Å². The van der Waals surface area contributed by atoms with Crippen molar-refractivity contribution in [2.24, 2.45) is 5.11 Å². The van der Waals surface area contributed by atoms with E-state index in [1.807, 2.05) is 0 Å². The molecule has 0 unspecified atom stereocenters. The third-order valence-electron chi connectivity index (χ3n) is 2.00. The summed E-state index contributed by atoms with van der Waals surface area (Å²) >= 11 is 0. The quantitative estimate of drug-likeness (QED) is 0.256. The third-order valence-corrected chi connectivity index (χ3v) is 2.00. The van der Waals surface area contributed by atoms with Gasteiger partial charge in [-0.2, -0.15) is 0 Å². The maximum absolute atomic E-state index is 10.7. The van der Waals surface area contributed by atoms with Crippen LogP contribution in [0.2, 0.25) is 0 Å². The lowest BCUT2D eigenvalue weighted by Gasteiger charge is -2.26. The zero-order valence-electron chi connectivity index (χ0n) is 8.99. The van der Waals surface area contributed by atoms with E-state index in [0.717, 1.165) is 0 Å². The molecule has 0 amide bonds. The van der Waals surface area contributed by atoms with Crippen LogP contribution in [0.5, 0.6) is 0 Å². The number of rotatable bonds is 8. The number of ether oxygens (including phenoxy) is 3. The minimum absolute atomic E-state index is 0.0825. The number of nitrogens with zero attached hydrogens (tertiary/aromatic N) is 3. The highest BCUT2D eigenvalue weighted by Crippen LogP contribution is 2.09. The van der Waals surface area contributed by atoms with Crippen molar-refractivity contribution < 1.29 is 19.0 Å². The summed E-state index contributed by atoms with van der Waals surface area (Å²) in [5.74, 6) is 0. The second-order valence-corrected chi connectivity index (χ2v) is 2.72. The molecule has 0 rings (SSSR count). The Morgan fingerprint density at radius 2 is 2.00 bits per heavy atom. The van der Waals surface area contributed by atoms with E-state index in [-0.39, 0.29) is 6.54 Å². The molecular formula is C8H15N3O4. The maximum Gasteiger partial charge on any atom is 0.151 e. The summed E-state index contributed by atoms with van der Waals surface area (Å²) in [5.41, 5.74) is 8.18. The molecule has 86 valence electrons. The lowest BCUT2D eigenvalue weighted by molar-refractivity contribution is -0.135. The fourth-order valence-electron chi connectivity index (χ4n) is 1.19. The minimum atomic E-state index is -0.742. The van der Waals surface area contributed by atoms with Crippen LogP contribution < -0.4 is 0 Å². The van der Waals surface area contributed by atoms with Crippen molar-refractivity contribution in [2.45, 2.75) is 18.3 Å². The number of carbonyl (C=O) groups is 1. The van der Waals surface area contributed by atoms with E-state index < -0.39 is 18.3 Å². The SMILES string of the molecule is CO[C@H]([C@H](C=O)OC)[C@@H](CN=[N+]=[N-])OC. The molecule has 15 heavy (non-hydrogen) atoms.